The second-order valence-electron chi connectivity index (χ2n) is 3.71. The Balaban J connectivity index is 2.10. The molecule has 0 aromatic carbocycles. The largest absolute Gasteiger partial charge is 0.352 e. The Kier molecular flexibility index (Phi) is 3.53. The van der Waals surface area contributed by atoms with Crippen molar-refractivity contribution in [1.29, 1.82) is 0 Å². The number of nitrogens with two attached hydrogens (primary N) is 1. The highest BCUT2D eigenvalue weighted by atomic mass is 16.1. The van der Waals surface area contributed by atoms with E-state index in [0.717, 1.165) is 0 Å². The van der Waals surface area contributed by atoms with E-state index in [1.54, 1.807) is 0 Å². The summed E-state index contributed by atoms with van der Waals surface area (Å²) in [5, 5.41) is 2.86. The van der Waals surface area contributed by atoms with Gasteiger partial charge in [-0.05, 0) is 25.7 Å². The van der Waals surface area contributed by atoms with Crippen LogP contribution in [0.1, 0.15) is 32.6 Å². The average molecular weight is 170 g/mol. The van der Waals surface area contributed by atoms with E-state index in [0.29, 0.717) is 18.9 Å². The molecule has 0 radical (unpaired) electrons. The Hall–Kier alpha value is -0.570. The molecule has 0 aliphatic heterocycles. The maximum Gasteiger partial charge on any atom is 0.220 e. The average Bonchev–Trinajstić information content (AvgIpc) is 1.97. The second kappa shape index (κ2) is 4.45. The third-order valence-electron chi connectivity index (χ3n) is 2.46. The van der Waals surface area contributed by atoms with Crippen LogP contribution in [0.15, 0.2) is 0 Å². The van der Waals surface area contributed by atoms with Crippen molar-refractivity contribution in [2.24, 2.45) is 11.7 Å². The fourth-order valence-corrected chi connectivity index (χ4v) is 1.35. The number of carbonyl (C=O) groups is 1. The van der Waals surface area contributed by atoms with Gasteiger partial charge in [0.15, 0.2) is 0 Å². The first-order valence-corrected chi connectivity index (χ1v) is 4.71. The van der Waals surface area contributed by atoms with Crippen molar-refractivity contribution in [3.8, 4) is 0 Å². The van der Waals surface area contributed by atoms with Gasteiger partial charge in [-0.1, -0.05) is 6.42 Å². The summed E-state index contributed by atoms with van der Waals surface area (Å²) in [5.41, 5.74) is 5.38. The minimum atomic E-state index is 0.123. The van der Waals surface area contributed by atoms with E-state index in [-0.39, 0.29) is 11.9 Å². The maximum absolute atomic E-state index is 11.2. The fourth-order valence-electron chi connectivity index (χ4n) is 1.35. The number of carbonyl (C=O) groups excluding carboxylic acids is 1. The first kappa shape index (κ1) is 9.52. The summed E-state index contributed by atoms with van der Waals surface area (Å²) in [5.74, 6) is 0.813. The first-order chi connectivity index (χ1) is 5.72. The fraction of sp³-hybridized carbons (Fsp3) is 0.889. The molecule has 0 aromatic heterocycles. The molecule has 0 spiro atoms. The minimum Gasteiger partial charge on any atom is -0.352 e. The van der Waals surface area contributed by atoms with Crippen molar-refractivity contribution in [3.05, 3.63) is 0 Å². The van der Waals surface area contributed by atoms with Crippen molar-refractivity contribution < 1.29 is 4.79 Å². The molecule has 3 nitrogen and oxygen atoms in total. The molecule has 1 aliphatic rings. The smallest absolute Gasteiger partial charge is 0.220 e. The Labute approximate surface area is 73.7 Å². The van der Waals surface area contributed by atoms with E-state index < -0.39 is 0 Å². The summed E-state index contributed by atoms with van der Waals surface area (Å²) in [4.78, 5) is 11.2. The Morgan fingerprint density at radius 3 is 2.75 bits per heavy atom. The summed E-state index contributed by atoms with van der Waals surface area (Å²) in [7, 11) is 0. The van der Waals surface area contributed by atoms with Gasteiger partial charge >= 0.3 is 0 Å². The van der Waals surface area contributed by atoms with Crippen molar-refractivity contribution in [2.45, 2.75) is 38.6 Å². The number of rotatable bonds is 4. The van der Waals surface area contributed by atoms with Gasteiger partial charge in [0.2, 0.25) is 5.91 Å². The van der Waals surface area contributed by atoms with Crippen LogP contribution in [0.25, 0.3) is 0 Å². The predicted octanol–water partition coefficient (Wildman–Crippen LogP) is 0.640. The zero-order valence-electron chi connectivity index (χ0n) is 7.68. The third kappa shape index (κ3) is 2.81. The molecular formula is C9H18N2O. The molecule has 0 unspecified atom stereocenters. The van der Waals surface area contributed by atoms with E-state index in [1.165, 1.54) is 19.3 Å². The standard InChI is InChI=1S/C9H18N2O/c1-7(6-10)11-9(12)5-8-3-2-4-8/h7-8H,2-6,10H2,1H3,(H,11,12)/t7-/m1/s1. The van der Waals surface area contributed by atoms with Crippen LogP contribution < -0.4 is 11.1 Å². The van der Waals surface area contributed by atoms with Crippen LogP contribution in [-0.4, -0.2) is 18.5 Å². The molecule has 0 bridgehead atoms. The molecule has 1 rings (SSSR count). The normalized spacial score (nSPS) is 19.8. The molecule has 1 atom stereocenters. The molecule has 3 heteroatoms. The van der Waals surface area contributed by atoms with Gasteiger partial charge in [0.05, 0.1) is 0 Å². The molecule has 70 valence electrons. The highest BCUT2D eigenvalue weighted by Crippen LogP contribution is 2.29. The lowest BCUT2D eigenvalue weighted by atomic mass is 9.83. The van der Waals surface area contributed by atoms with E-state index in [9.17, 15) is 4.79 Å². The monoisotopic (exact) mass is 170 g/mol. The molecule has 0 aromatic rings. The van der Waals surface area contributed by atoms with Gasteiger partial charge < -0.3 is 11.1 Å². The molecule has 1 fully saturated rings. The van der Waals surface area contributed by atoms with Crippen molar-refractivity contribution >= 4 is 5.91 Å². The highest BCUT2D eigenvalue weighted by Gasteiger charge is 2.20. The number of hydrogen-bond donors (Lipinski definition) is 2. The van der Waals surface area contributed by atoms with Crippen LogP contribution in [0.4, 0.5) is 0 Å². The Bertz CT molecular complexity index is 146. The summed E-state index contributed by atoms with van der Waals surface area (Å²) in [6.45, 7) is 2.45. The topological polar surface area (TPSA) is 55.1 Å². The molecular weight excluding hydrogens is 152 g/mol. The molecule has 3 N–H and O–H groups in total. The number of nitrogens with one attached hydrogen (secondary N) is 1. The van der Waals surface area contributed by atoms with Gasteiger partial charge in [-0.15, -0.1) is 0 Å². The van der Waals surface area contributed by atoms with Gasteiger partial charge in [-0.3, -0.25) is 4.79 Å². The van der Waals surface area contributed by atoms with Gasteiger partial charge in [0, 0.05) is 19.0 Å². The lowest BCUT2D eigenvalue weighted by molar-refractivity contribution is -0.123. The van der Waals surface area contributed by atoms with Crippen LogP contribution in [-0.2, 0) is 4.79 Å². The van der Waals surface area contributed by atoms with Crippen LogP contribution >= 0.6 is 0 Å². The van der Waals surface area contributed by atoms with Crippen molar-refractivity contribution in [2.75, 3.05) is 6.54 Å². The lowest BCUT2D eigenvalue weighted by Gasteiger charge is -2.25. The van der Waals surface area contributed by atoms with Crippen LogP contribution in [0.2, 0.25) is 0 Å². The summed E-state index contributed by atoms with van der Waals surface area (Å²) in [6, 6.07) is 0.123. The number of amides is 1. The zero-order valence-corrected chi connectivity index (χ0v) is 7.68. The SMILES string of the molecule is C[C@H](CN)NC(=O)CC1CCC1. The molecule has 12 heavy (non-hydrogen) atoms. The highest BCUT2D eigenvalue weighted by molar-refractivity contribution is 5.76. The van der Waals surface area contributed by atoms with E-state index in [1.807, 2.05) is 6.92 Å². The predicted molar refractivity (Wildman–Crippen MR) is 48.6 cm³/mol. The Morgan fingerprint density at radius 1 is 1.67 bits per heavy atom. The van der Waals surface area contributed by atoms with Crippen LogP contribution in [0.3, 0.4) is 0 Å². The van der Waals surface area contributed by atoms with Crippen LogP contribution in [0.5, 0.6) is 0 Å². The van der Waals surface area contributed by atoms with Gasteiger partial charge in [0.25, 0.3) is 0 Å². The molecule has 1 saturated carbocycles. The number of hydrogen-bond acceptors (Lipinski definition) is 2. The zero-order chi connectivity index (χ0) is 8.97. The molecule has 0 saturated heterocycles. The minimum absolute atomic E-state index is 0.123. The Morgan fingerprint density at radius 2 is 2.33 bits per heavy atom. The lowest BCUT2D eigenvalue weighted by Crippen LogP contribution is -2.39. The van der Waals surface area contributed by atoms with Gasteiger partial charge in [-0.25, -0.2) is 0 Å². The van der Waals surface area contributed by atoms with Gasteiger partial charge in [-0.2, -0.15) is 0 Å². The molecule has 0 heterocycles. The van der Waals surface area contributed by atoms with Crippen molar-refractivity contribution in [1.82, 2.24) is 5.32 Å². The van der Waals surface area contributed by atoms with E-state index >= 15 is 0 Å². The third-order valence-corrected chi connectivity index (χ3v) is 2.46. The van der Waals surface area contributed by atoms with Crippen LogP contribution in [0, 0.1) is 5.92 Å². The second-order valence-corrected chi connectivity index (χ2v) is 3.71. The van der Waals surface area contributed by atoms with E-state index in [4.69, 9.17) is 5.73 Å². The van der Waals surface area contributed by atoms with E-state index in [2.05, 4.69) is 5.32 Å². The quantitative estimate of drug-likeness (QED) is 0.650. The van der Waals surface area contributed by atoms with Gasteiger partial charge in [0.1, 0.15) is 0 Å². The maximum atomic E-state index is 11.2. The van der Waals surface area contributed by atoms with Crippen molar-refractivity contribution in [3.63, 3.8) is 0 Å². The summed E-state index contributed by atoms with van der Waals surface area (Å²) in [6.07, 6.45) is 4.45. The molecule has 1 amide bonds. The summed E-state index contributed by atoms with van der Waals surface area (Å²) >= 11 is 0. The first-order valence-electron chi connectivity index (χ1n) is 4.71. The molecule has 1 aliphatic carbocycles. The summed E-state index contributed by atoms with van der Waals surface area (Å²) < 4.78 is 0.